The van der Waals surface area contributed by atoms with Gasteiger partial charge in [0.2, 0.25) is 0 Å². The van der Waals surface area contributed by atoms with Crippen molar-refractivity contribution in [2.24, 2.45) is 0 Å². The Kier molecular flexibility index (Phi) is 9.67. The SMILES string of the molecule is Cl.Cl.O=C(NCCN1CCCCC1CO)c1cc2c(s1)CCOC21CCNCC1. The molecule has 1 unspecified atom stereocenters. The molecule has 0 saturated carbocycles. The molecule has 1 spiro atoms. The van der Waals surface area contributed by atoms with Crippen LogP contribution >= 0.6 is 36.2 Å². The van der Waals surface area contributed by atoms with E-state index in [9.17, 15) is 9.90 Å². The molecule has 0 aromatic carbocycles. The van der Waals surface area contributed by atoms with Gasteiger partial charge in [0.05, 0.1) is 23.7 Å². The zero-order valence-electron chi connectivity index (χ0n) is 16.8. The number of rotatable bonds is 5. The van der Waals surface area contributed by atoms with Crippen molar-refractivity contribution in [3.05, 3.63) is 21.4 Å². The first-order valence-corrected chi connectivity index (χ1v) is 11.1. The van der Waals surface area contributed by atoms with Gasteiger partial charge in [-0.25, -0.2) is 0 Å². The quantitative estimate of drug-likeness (QED) is 0.621. The largest absolute Gasteiger partial charge is 0.395 e. The topological polar surface area (TPSA) is 73.8 Å². The van der Waals surface area contributed by atoms with Crippen LogP contribution in [0.25, 0.3) is 0 Å². The number of hydrogen-bond acceptors (Lipinski definition) is 6. The van der Waals surface area contributed by atoms with Crippen molar-refractivity contribution in [3.8, 4) is 0 Å². The predicted molar refractivity (Wildman–Crippen MR) is 121 cm³/mol. The molecule has 0 bridgehead atoms. The number of nitrogens with zero attached hydrogens (tertiary/aromatic N) is 1. The summed E-state index contributed by atoms with van der Waals surface area (Å²) in [5.41, 5.74) is 1.07. The number of aliphatic hydroxyl groups is 1. The number of ether oxygens (including phenoxy) is 1. The zero-order valence-corrected chi connectivity index (χ0v) is 19.2. The van der Waals surface area contributed by atoms with E-state index in [-0.39, 0.29) is 49.0 Å². The van der Waals surface area contributed by atoms with E-state index in [4.69, 9.17) is 4.74 Å². The second-order valence-electron chi connectivity index (χ2n) is 7.91. The highest BCUT2D eigenvalue weighted by Crippen LogP contribution is 2.43. The summed E-state index contributed by atoms with van der Waals surface area (Å²) in [6.45, 7) is 5.36. The van der Waals surface area contributed by atoms with Gasteiger partial charge >= 0.3 is 0 Å². The fraction of sp³-hybridized carbons (Fsp3) is 0.750. The van der Waals surface area contributed by atoms with Crippen LogP contribution in [0.4, 0.5) is 0 Å². The van der Waals surface area contributed by atoms with E-state index >= 15 is 0 Å². The lowest BCUT2D eigenvalue weighted by molar-refractivity contribution is -0.0792. The lowest BCUT2D eigenvalue weighted by Gasteiger charge is -2.40. The molecule has 6 nitrogen and oxygen atoms in total. The summed E-state index contributed by atoms with van der Waals surface area (Å²) in [4.78, 5) is 17.1. The molecule has 3 aliphatic rings. The standard InChI is InChI=1S/C20H31N3O3S.2ClH/c24-14-15-3-1-2-10-23(15)11-9-22-19(25)18-13-16-17(27-18)4-12-26-20(16)5-7-21-8-6-20;;/h13,15,21,24H,1-12,14H2,(H,22,25);2*1H. The summed E-state index contributed by atoms with van der Waals surface area (Å²) >= 11 is 1.64. The molecule has 166 valence electrons. The number of piperidine rings is 2. The van der Waals surface area contributed by atoms with Gasteiger partial charge in [-0.3, -0.25) is 9.69 Å². The molecule has 1 amide bonds. The molecule has 29 heavy (non-hydrogen) atoms. The second kappa shape index (κ2) is 11.3. The number of nitrogens with one attached hydrogen (secondary N) is 2. The number of hydrogen-bond donors (Lipinski definition) is 3. The van der Waals surface area contributed by atoms with E-state index < -0.39 is 0 Å². The minimum absolute atomic E-state index is 0. The summed E-state index contributed by atoms with van der Waals surface area (Å²) in [5, 5.41) is 16.0. The van der Waals surface area contributed by atoms with E-state index in [0.717, 1.165) is 63.3 Å². The van der Waals surface area contributed by atoms with Gasteiger partial charge < -0.3 is 20.5 Å². The fourth-order valence-electron chi connectivity index (χ4n) is 4.73. The lowest BCUT2D eigenvalue weighted by atomic mass is 9.83. The Labute approximate surface area is 189 Å². The summed E-state index contributed by atoms with van der Waals surface area (Å²) in [6.07, 6.45) is 6.30. The lowest BCUT2D eigenvalue weighted by Crippen LogP contribution is -2.45. The van der Waals surface area contributed by atoms with Crippen LogP contribution in [-0.2, 0) is 16.8 Å². The Bertz CT molecular complexity index is 667. The minimum atomic E-state index is -0.185. The monoisotopic (exact) mass is 465 g/mol. The van der Waals surface area contributed by atoms with Gasteiger partial charge in [0.1, 0.15) is 0 Å². The number of fused-ring (bicyclic) bond motifs is 2. The van der Waals surface area contributed by atoms with E-state index in [1.165, 1.54) is 23.3 Å². The predicted octanol–water partition coefficient (Wildman–Crippen LogP) is 2.32. The molecule has 2 saturated heterocycles. The minimum Gasteiger partial charge on any atom is -0.395 e. The molecule has 4 rings (SSSR count). The van der Waals surface area contributed by atoms with Crippen molar-refractivity contribution in [1.82, 2.24) is 15.5 Å². The first-order valence-electron chi connectivity index (χ1n) is 10.3. The van der Waals surface area contributed by atoms with Crippen molar-refractivity contribution < 1.29 is 14.6 Å². The van der Waals surface area contributed by atoms with Crippen molar-refractivity contribution in [3.63, 3.8) is 0 Å². The highest BCUT2D eigenvalue weighted by atomic mass is 35.5. The number of likely N-dealkylation sites (tertiary alicyclic amines) is 1. The Morgan fingerprint density at radius 3 is 2.90 bits per heavy atom. The second-order valence-corrected chi connectivity index (χ2v) is 9.05. The molecular formula is C20H33Cl2N3O3S. The van der Waals surface area contributed by atoms with Gasteiger partial charge in [-0.05, 0) is 56.9 Å². The van der Waals surface area contributed by atoms with Crippen LogP contribution in [0.3, 0.4) is 0 Å². The third kappa shape index (κ3) is 5.45. The average Bonchev–Trinajstić information content (AvgIpc) is 3.15. The van der Waals surface area contributed by atoms with Crippen LogP contribution in [0.2, 0.25) is 0 Å². The molecule has 2 fully saturated rings. The van der Waals surface area contributed by atoms with E-state index in [1.54, 1.807) is 11.3 Å². The van der Waals surface area contributed by atoms with E-state index in [2.05, 4.69) is 21.6 Å². The summed E-state index contributed by atoms with van der Waals surface area (Å²) in [7, 11) is 0. The molecule has 1 aromatic heterocycles. The Morgan fingerprint density at radius 1 is 1.34 bits per heavy atom. The number of amides is 1. The fourth-order valence-corrected chi connectivity index (χ4v) is 5.88. The van der Waals surface area contributed by atoms with Crippen LogP contribution < -0.4 is 10.6 Å². The highest BCUT2D eigenvalue weighted by Gasteiger charge is 2.40. The number of carbonyl (C=O) groups excluding carboxylic acids is 1. The van der Waals surface area contributed by atoms with Gasteiger partial charge in [-0.15, -0.1) is 36.2 Å². The van der Waals surface area contributed by atoms with Gasteiger partial charge in [-0.2, -0.15) is 0 Å². The Hall–Kier alpha value is -0.410. The molecule has 3 aliphatic heterocycles. The van der Waals surface area contributed by atoms with Crippen LogP contribution in [0, 0.1) is 0 Å². The van der Waals surface area contributed by atoms with Crippen molar-refractivity contribution in [2.45, 2.75) is 50.2 Å². The maximum atomic E-state index is 12.7. The van der Waals surface area contributed by atoms with Crippen LogP contribution in [0.1, 0.15) is 52.2 Å². The molecule has 3 N–H and O–H groups in total. The van der Waals surface area contributed by atoms with Gasteiger partial charge in [0.15, 0.2) is 0 Å². The zero-order chi connectivity index (χ0) is 18.7. The van der Waals surface area contributed by atoms with Crippen LogP contribution in [0.5, 0.6) is 0 Å². The van der Waals surface area contributed by atoms with E-state index in [1.807, 2.05) is 0 Å². The van der Waals surface area contributed by atoms with Gasteiger partial charge in [-0.1, -0.05) is 6.42 Å². The van der Waals surface area contributed by atoms with Crippen LogP contribution in [-0.4, -0.2) is 67.9 Å². The molecule has 4 heterocycles. The van der Waals surface area contributed by atoms with Crippen molar-refractivity contribution in [2.75, 3.05) is 45.9 Å². The number of carbonyl (C=O) groups is 1. The van der Waals surface area contributed by atoms with Crippen molar-refractivity contribution in [1.29, 1.82) is 0 Å². The number of thiophene rings is 1. The average molecular weight is 466 g/mol. The normalized spacial score (nSPS) is 23.6. The third-order valence-electron chi connectivity index (χ3n) is 6.29. The molecule has 1 atom stereocenters. The maximum Gasteiger partial charge on any atom is 0.261 e. The smallest absolute Gasteiger partial charge is 0.261 e. The number of halogens is 2. The summed E-state index contributed by atoms with van der Waals surface area (Å²) < 4.78 is 6.22. The van der Waals surface area contributed by atoms with E-state index in [0.29, 0.717) is 6.54 Å². The van der Waals surface area contributed by atoms with Gasteiger partial charge in [0.25, 0.3) is 5.91 Å². The maximum absolute atomic E-state index is 12.7. The van der Waals surface area contributed by atoms with Crippen molar-refractivity contribution >= 4 is 42.1 Å². The molecule has 9 heteroatoms. The highest BCUT2D eigenvalue weighted by molar-refractivity contribution is 7.14. The Morgan fingerprint density at radius 2 is 2.14 bits per heavy atom. The number of aliphatic hydroxyl groups excluding tert-OH is 1. The molecule has 0 radical (unpaired) electrons. The first-order chi connectivity index (χ1) is 13.2. The Balaban J connectivity index is 0.00000150. The molecular weight excluding hydrogens is 433 g/mol. The third-order valence-corrected chi connectivity index (χ3v) is 7.48. The first kappa shape index (κ1) is 24.9. The van der Waals surface area contributed by atoms with Gasteiger partial charge in [0, 0.05) is 30.4 Å². The van der Waals surface area contributed by atoms with Crippen LogP contribution in [0.15, 0.2) is 6.07 Å². The summed E-state index contributed by atoms with van der Waals surface area (Å²) in [6, 6.07) is 2.33. The molecule has 0 aliphatic carbocycles. The molecule has 1 aromatic rings. The summed E-state index contributed by atoms with van der Waals surface area (Å²) in [5.74, 6) is 0.0241.